The Labute approximate surface area is 113 Å². The summed E-state index contributed by atoms with van der Waals surface area (Å²) < 4.78 is 15.7. The highest BCUT2D eigenvalue weighted by molar-refractivity contribution is 5.87. The van der Waals surface area contributed by atoms with Crippen molar-refractivity contribution < 1.29 is 23.8 Å². The third kappa shape index (κ3) is 3.45. The molecule has 0 spiro atoms. The Balaban J connectivity index is 2.01. The third-order valence-electron chi connectivity index (χ3n) is 3.44. The van der Waals surface area contributed by atoms with Crippen LogP contribution in [0.1, 0.15) is 26.2 Å². The van der Waals surface area contributed by atoms with Gasteiger partial charge in [0, 0.05) is 6.54 Å². The standard InChI is InChI=1S/C13H21NO5/c1-2-18-13(16)10-5-3-4-6-14(10)12(15)11-9-17-7-8-19-11/h10-11H,2-9H2,1H3. The number of carbonyl (C=O) groups excluding carboxylic acids is 2. The molecule has 6 heteroatoms. The molecule has 0 N–H and O–H groups in total. The van der Waals surface area contributed by atoms with Gasteiger partial charge < -0.3 is 19.1 Å². The van der Waals surface area contributed by atoms with Gasteiger partial charge in [0.2, 0.25) is 0 Å². The molecule has 2 aliphatic rings. The highest BCUT2D eigenvalue weighted by atomic mass is 16.6. The van der Waals surface area contributed by atoms with Crippen molar-refractivity contribution in [3.8, 4) is 0 Å². The zero-order valence-electron chi connectivity index (χ0n) is 11.3. The number of esters is 1. The molecule has 2 rings (SSSR count). The normalized spacial score (nSPS) is 27.9. The van der Waals surface area contributed by atoms with Gasteiger partial charge in [-0.05, 0) is 26.2 Å². The predicted molar refractivity (Wildman–Crippen MR) is 66.5 cm³/mol. The lowest BCUT2D eigenvalue weighted by Gasteiger charge is -2.36. The van der Waals surface area contributed by atoms with E-state index in [0.717, 1.165) is 12.8 Å². The molecule has 2 heterocycles. The molecular weight excluding hydrogens is 250 g/mol. The van der Waals surface area contributed by atoms with Crippen LogP contribution in [0.15, 0.2) is 0 Å². The smallest absolute Gasteiger partial charge is 0.328 e. The first-order chi connectivity index (χ1) is 9.24. The second kappa shape index (κ2) is 6.86. The first-order valence-corrected chi connectivity index (χ1v) is 6.90. The van der Waals surface area contributed by atoms with E-state index in [-0.39, 0.29) is 18.5 Å². The molecule has 2 saturated heterocycles. The first-order valence-electron chi connectivity index (χ1n) is 6.90. The van der Waals surface area contributed by atoms with E-state index >= 15 is 0 Å². The lowest BCUT2D eigenvalue weighted by atomic mass is 10.0. The maximum Gasteiger partial charge on any atom is 0.328 e. The summed E-state index contributed by atoms with van der Waals surface area (Å²) in [5, 5.41) is 0. The lowest BCUT2D eigenvalue weighted by Crippen LogP contribution is -2.54. The molecule has 0 saturated carbocycles. The minimum atomic E-state index is -0.580. The number of carbonyl (C=O) groups is 2. The van der Waals surface area contributed by atoms with Crippen LogP contribution in [0.5, 0.6) is 0 Å². The number of ether oxygens (including phenoxy) is 3. The average molecular weight is 271 g/mol. The zero-order valence-corrected chi connectivity index (χ0v) is 11.3. The Morgan fingerprint density at radius 2 is 2.16 bits per heavy atom. The number of hydrogen-bond acceptors (Lipinski definition) is 5. The molecule has 0 aromatic rings. The number of amides is 1. The Bertz CT molecular complexity index is 327. The number of nitrogens with zero attached hydrogens (tertiary/aromatic N) is 1. The summed E-state index contributed by atoms with van der Waals surface area (Å²) in [5.41, 5.74) is 0. The Morgan fingerprint density at radius 1 is 1.32 bits per heavy atom. The molecule has 2 unspecified atom stereocenters. The molecular formula is C13H21NO5. The van der Waals surface area contributed by atoms with Crippen molar-refractivity contribution in [2.75, 3.05) is 33.0 Å². The van der Waals surface area contributed by atoms with Crippen LogP contribution >= 0.6 is 0 Å². The summed E-state index contributed by atoms with van der Waals surface area (Å²) in [6.45, 7) is 3.90. The van der Waals surface area contributed by atoms with Crippen LogP contribution < -0.4 is 0 Å². The van der Waals surface area contributed by atoms with Crippen LogP contribution in [0.4, 0.5) is 0 Å². The van der Waals surface area contributed by atoms with Crippen molar-refractivity contribution in [3.63, 3.8) is 0 Å². The van der Waals surface area contributed by atoms with Crippen molar-refractivity contribution in [1.29, 1.82) is 0 Å². The minimum absolute atomic E-state index is 0.155. The van der Waals surface area contributed by atoms with E-state index in [2.05, 4.69) is 0 Å². The fourth-order valence-electron chi connectivity index (χ4n) is 2.49. The van der Waals surface area contributed by atoms with Gasteiger partial charge in [0.15, 0.2) is 6.10 Å². The SMILES string of the molecule is CCOC(=O)C1CCCCN1C(=O)C1COCCO1. The molecule has 0 aliphatic carbocycles. The summed E-state index contributed by atoms with van der Waals surface area (Å²) in [5.74, 6) is -0.468. The molecule has 2 aliphatic heterocycles. The Morgan fingerprint density at radius 3 is 2.84 bits per heavy atom. The van der Waals surface area contributed by atoms with Crippen LogP contribution in [-0.4, -0.2) is 61.9 Å². The van der Waals surface area contributed by atoms with Crippen molar-refractivity contribution in [3.05, 3.63) is 0 Å². The molecule has 108 valence electrons. The molecule has 2 fully saturated rings. The van der Waals surface area contributed by atoms with Crippen LogP contribution in [0, 0.1) is 0 Å². The summed E-state index contributed by atoms with van der Waals surface area (Å²) in [6, 6.07) is -0.466. The molecule has 1 amide bonds. The molecule has 19 heavy (non-hydrogen) atoms. The second-order valence-electron chi connectivity index (χ2n) is 4.73. The number of likely N-dealkylation sites (tertiary alicyclic amines) is 1. The van der Waals surface area contributed by atoms with Gasteiger partial charge in [-0.25, -0.2) is 4.79 Å². The Kier molecular flexibility index (Phi) is 5.15. The topological polar surface area (TPSA) is 65.1 Å². The van der Waals surface area contributed by atoms with Crippen LogP contribution in [-0.2, 0) is 23.8 Å². The van der Waals surface area contributed by atoms with E-state index in [1.54, 1.807) is 11.8 Å². The zero-order chi connectivity index (χ0) is 13.7. The van der Waals surface area contributed by atoms with Crippen molar-refractivity contribution in [1.82, 2.24) is 4.90 Å². The molecule has 6 nitrogen and oxygen atoms in total. The van der Waals surface area contributed by atoms with Gasteiger partial charge in [-0.15, -0.1) is 0 Å². The van der Waals surface area contributed by atoms with Crippen molar-refractivity contribution in [2.24, 2.45) is 0 Å². The average Bonchev–Trinajstić information content (AvgIpc) is 2.47. The fraction of sp³-hybridized carbons (Fsp3) is 0.846. The first kappa shape index (κ1) is 14.3. The van der Waals surface area contributed by atoms with Gasteiger partial charge >= 0.3 is 5.97 Å². The van der Waals surface area contributed by atoms with Gasteiger partial charge in [-0.2, -0.15) is 0 Å². The second-order valence-corrected chi connectivity index (χ2v) is 4.73. The maximum absolute atomic E-state index is 12.4. The van der Waals surface area contributed by atoms with Gasteiger partial charge in [0.25, 0.3) is 5.91 Å². The van der Waals surface area contributed by atoms with Crippen LogP contribution in [0.3, 0.4) is 0 Å². The van der Waals surface area contributed by atoms with E-state index in [1.165, 1.54) is 0 Å². The fourth-order valence-corrected chi connectivity index (χ4v) is 2.49. The largest absolute Gasteiger partial charge is 0.464 e. The lowest BCUT2D eigenvalue weighted by molar-refractivity contribution is -0.169. The highest BCUT2D eigenvalue weighted by Crippen LogP contribution is 2.20. The van der Waals surface area contributed by atoms with E-state index in [1.807, 2.05) is 0 Å². The molecule has 0 radical (unpaired) electrons. The number of piperidine rings is 1. The monoisotopic (exact) mass is 271 g/mol. The summed E-state index contributed by atoms with van der Waals surface area (Å²) in [4.78, 5) is 25.9. The van der Waals surface area contributed by atoms with Gasteiger partial charge in [-0.1, -0.05) is 0 Å². The Hall–Kier alpha value is -1.14. The summed E-state index contributed by atoms with van der Waals surface area (Å²) >= 11 is 0. The number of rotatable bonds is 3. The van der Waals surface area contributed by atoms with E-state index in [4.69, 9.17) is 14.2 Å². The molecule has 0 bridgehead atoms. The predicted octanol–water partition coefficient (Wildman–Crippen LogP) is 0.346. The van der Waals surface area contributed by atoms with Crippen molar-refractivity contribution >= 4 is 11.9 Å². The summed E-state index contributed by atoms with van der Waals surface area (Å²) in [7, 11) is 0. The molecule has 2 atom stereocenters. The molecule has 0 aromatic carbocycles. The van der Waals surface area contributed by atoms with Crippen molar-refractivity contribution in [2.45, 2.75) is 38.3 Å². The minimum Gasteiger partial charge on any atom is -0.464 e. The van der Waals surface area contributed by atoms with Gasteiger partial charge in [-0.3, -0.25) is 4.79 Å². The van der Waals surface area contributed by atoms with Crippen LogP contribution in [0.25, 0.3) is 0 Å². The maximum atomic E-state index is 12.4. The summed E-state index contributed by atoms with van der Waals surface area (Å²) in [6.07, 6.45) is 1.94. The highest BCUT2D eigenvalue weighted by Gasteiger charge is 2.37. The number of hydrogen-bond donors (Lipinski definition) is 0. The van der Waals surface area contributed by atoms with Gasteiger partial charge in [0.1, 0.15) is 6.04 Å². The van der Waals surface area contributed by atoms with E-state index in [0.29, 0.717) is 32.8 Å². The van der Waals surface area contributed by atoms with E-state index in [9.17, 15) is 9.59 Å². The third-order valence-corrected chi connectivity index (χ3v) is 3.44. The molecule has 0 aromatic heterocycles. The quantitative estimate of drug-likeness (QED) is 0.693. The van der Waals surface area contributed by atoms with E-state index < -0.39 is 12.1 Å². The van der Waals surface area contributed by atoms with Gasteiger partial charge in [0.05, 0.1) is 26.4 Å². The van der Waals surface area contributed by atoms with Crippen LogP contribution in [0.2, 0.25) is 0 Å².